The molecule has 1 heterocycles. The third kappa shape index (κ3) is 3.21. The molecule has 118 valence electrons. The lowest BCUT2D eigenvalue weighted by molar-refractivity contribution is -0.128. The number of halogens is 1. The highest BCUT2D eigenvalue weighted by molar-refractivity contribution is 5.83. The Balaban J connectivity index is 1.46. The van der Waals surface area contributed by atoms with E-state index in [1.807, 2.05) is 4.90 Å². The van der Waals surface area contributed by atoms with E-state index in [4.69, 9.17) is 4.74 Å². The molecule has 2 amide bonds. The second kappa shape index (κ2) is 5.94. The molecule has 5 nitrogen and oxygen atoms in total. The second-order valence-corrected chi connectivity index (χ2v) is 6.01. The SMILES string of the molecule is C[C@H]1C[C@@H]1N1C[C@H](NC(=O)COc2ccccc2F)CC1=O. The molecule has 1 saturated heterocycles. The summed E-state index contributed by atoms with van der Waals surface area (Å²) >= 11 is 0. The first-order chi connectivity index (χ1) is 10.5. The maximum atomic E-state index is 13.4. The zero-order valence-electron chi connectivity index (χ0n) is 12.4. The number of rotatable bonds is 5. The topological polar surface area (TPSA) is 58.6 Å². The lowest BCUT2D eigenvalue weighted by atomic mass is 10.2. The van der Waals surface area contributed by atoms with Gasteiger partial charge in [-0.15, -0.1) is 0 Å². The number of amides is 2. The highest BCUT2D eigenvalue weighted by Crippen LogP contribution is 2.37. The molecule has 1 aliphatic heterocycles. The molecule has 0 radical (unpaired) electrons. The van der Waals surface area contributed by atoms with Crippen LogP contribution < -0.4 is 10.1 Å². The van der Waals surface area contributed by atoms with Crippen LogP contribution in [0.2, 0.25) is 0 Å². The van der Waals surface area contributed by atoms with Crippen LogP contribution in [0.1, 0.15) is 19.8 Å². The van der Waals surface area contributed by atoms with Crippen LogP contribution in [0.25, 0.3) is 0 Å². The fourth-order valence-corrected chi connectivity index (χ4v) is 2.86. The van der Waals surface area contributed by atoms with Gasteiger partial charge in [0, 0.05) is 19.0 Å². The molecule has 6 heteroatoms. The van der Waals surface area contributed by atoms with Crippen LogP contribution in [0.5, 0.6) is 5.75 Å². The summed E-state index contributed by atoms with van der Waals surface area (Å²) in [6.07, 6.45) is 1.37. The Kier molecular flexibility index (Phi) is 4.00. The zero-order chi connectivity index (χ0) is 15.7. The molecule has 0 unspecified atom stereocenters. The van der Waals surface area contributed by atoms with E-state index in [0.717, 1.165) is 6.42 Å². The van der Waals surface area contributed by atoms with Crippen molar-refractivity contribution in [2.45, 2.75) is 31.8 Å². The maximum absolute atomic E-state index is 13.4. The quantitative estimate of drug-likeness (QED) is 0.893. The monoisotopic (exact) mass is 306 g/mol. The minimum Gasteiger partial charge on any atom is -0.481 e. The van der Waals surface area contributed by atoms with Gasteiger partial charge in [0.25, 0.3) is 5.91 Å². The standard InChI is InChI=1S/C16H19FN2O3/c1-10-6-13(10)19-8-11(7-16(19)21)18-15(20)9-22-14-5-3-2-4-12(14)17/h2-5,10-11,13H,6-9H2,1H3,(H,18,20)/t10-,11+,13-/m0/s1. The van der Waals surface area contributed by atoms with Gasteiger partial charge >= 0.3 is 0 Å². The van der Waals surface area contributed by atoms with E-state index in [1.54, 1.807) is 12.1 Å². The van der Waals surface area contributed by atoms with Gasteiger partial charge in [-0.2, -0.15) is 0 Å². The maximum Gasteiger partial charge on any atom is 0.258 e. The molecule has 3 atom stereocenters. The first-order valence-corrected chi connectivity index (χ1v) is 7.50. The number of carbonyl (C=O) groups excluding carboxylic acids is 2. The van der Waals surface area contributed by atoms with Gasteiger partial charge in [-0.05, 0) is 24.5 Å². The second-order valence-electron chi connectivity index (χ2n) is 6.01. The van der Waals surface area contributed by atoms with Gasteiger partial charge < -0.3 is 15.0 Å². The highest BCUT2D eigenvalue weighted by Gasteiger charge is 2.44. The van der Waals surface area contributed by atoms with Crippen molar-refractivity contribution in [1.29, 1.82) is 0 Å². The minimum atomic E-state index is -0.500. The predicted octanol–water partition coefficient (Wildman–Crippen LogP) is 1.33. The average molecular weight is 306 g/mol. The Morgan fingerprint density at radius 1 is 1.45 bits per heavy atom. The summed E-state index contributed by atoms with van der Waals surface area (Å²) in [6, 6.07) is 6.09. The number of benzene rings is 1. The lowest BCUT2D eigenvalue weighted by Crippen LogP contribution is -2.40. The number of ether oxygens (including phenoxy) is 1. The molecule has 0 spiro atoms. The molecular formula is C16H19FN2O3. The molecule has 22 heavy (non-hydrogen) atoms. The molecule has 2 fully saturated rings. The number of likely N-dealkylation sites (tertiary alicyclic amines) is 1. The zero-order valence-corrected chi connectivity index (χ0v) is 12.4. The Labute approximate surface area is 128 Å². The van der Waals surface area contributed by atoms with E-state index >= 15 is 0 Å². The molecule has 2 aliphatic rings. The molecule has 0 bridgehead atoms. The van der Waals surface area contributed by atoms with Crippen molar-refractivity contribution in [2.24, 2.45) is 5.92 Å². The summed E-state index contributed by atoms with van der Waals surface area (Å²) in [5, 5.41) is 2.78. The Bertz CT molecular complexity index is 593. The van der Waals surface area contributed by atoms with Crippen molar-refractivity contribution >= 4 is 11.8 Å². The minimum absolute atomic E-state index is 0.0496. The van der Waals surface area contributed by atoms with Crippen molar-refractivity contribution in [3.63, 3.8) is 0 Å². The molecular weight excluding hydrogens is 287 g/mol. The molecule has 1 N–H and O–H groups in total. The van der Waals surface area contributed by atoms with E-state index < -0.39 is 5.82 Å². The van der Waals surface area contributed by atoms with Crippen LogP contribution in [-0.2, 0) is 9.59 Å². The Hall–Kier alpha value is -2.11. The number of nitrogens with zero attached hydrogens (tertiary/aromatic N) is 1. The number of hydrogen-bond acceptors (Lipinski definition) is 3. The molecule has 1 aromatic rings. The van der Waals surface area contributed by atoms with Gasteiger partial charge in [-0.1, -0.05) is 19.1 Å². The van der Waals surface area contributed by atoms with Crippen molar-refractivity contribution in [2.75, 3.05) is 13.2 Å². The summed E-state index contributed by atoms with van der Waals surface area (Å²) in [5.41, 5.74) is 0. The highest BCUT2D eigenvalue weighted by atomic mass is 19.1. The number of carbonyl (C=O) groups is 2. The van der Waals surface area contributed by atoms with Crippen molar-refractivity contribution in [1.82, 2.24) is 10.2 Å². The molecule has 1 saturated carbocycles. The van der Waals surface area contributed by atoms with Crippen LogP contribution in [0, 0.1) is 11.7 Å². The smallest absolute Gasteiger partial charge is 0.258 e. The summed E-state index contributed by atoms with van der Waals surface area (Å²) in [5.74, 6) is -0.141. The van der Waals surface area contributed by atoms with Gasteiger partial charge in [0.05, 0.1) is 6.04 Å². The number of para-hydroxylation sites is 1. The molecule has 0 aromatic heterocycles. The molecule has 1 aromatic carbocycles. The van der Waals surface area contributed by atoms with E-state index in [1.165, 1.54) is 12.1 Å². The third-order valence-corrected chi connectivity index (χ3v) is 4.19. The fourth-order valence-electron chi connectivity index (χ4n) is 2.86. The van der Waals surface area contributed by atoms with Crippen LogP contribution in [0.15, 0.2) is 24.3 Å². The summed E-state index contributed by atoms with van der Waals surface area (Å²) in [6.45, 7) is 2.41. The van der Waals surface area contributed by atoms with Gasteiger partial charge in [0.2, 0.25) is 5.91 Å². The van der Waals surface area contributed by atoms with E-state index in [-0.39, 0.29) is 30.2 Å². The first-order valence-electron chi connectivity index (χ1n) is 7.50. The van der Waals surface area contributed by atoms with Crippen molar-refractivity contribution < 1.29 is 18.7 Å². The molecule has 3 rings (SSSR count). The first kappa shape index (κ1) is 14.8. The van der Waals surface area contributed by atoms with Crippen LogP contribution in [0.4, 0.5) is 4.39 Å². The van der Waals surface area contributed by atoms with Gasteiger partial charge in [-0.3, -0.25) is 9.59 Å². The summed E-state index contributed by atoms with van der Waals surface area (Å²) in [7, 11) is 0. The summed E-state index contributed by atoms with van der Waals surface area (Å²) < 4.78 is 18.5. The van der Waals surface area contributed by atoms with Crippen molar-refractivity contribution in [3.05, 3.63) is 30.1 Å². The van der Waals surface area contributed by atoms with E-state index in [2.05, 4.69) is 12.2 Å². The molecule has 1 aliphatic carbocycles. The van der Waals surface area contributed by atoms with Crippen molar-refractivity contribution in [3.8, 4) is 5.75 Å². The Morgan fingerprint density at radius 3 is 2.86 bits per heavy atom. The van der Waals surface area contributed by atoms with Crippen LogP contribution in [-0.4, -0.2) is 41.9 Å². The van der Waals surface area contributed by atoms with Crippen LogP contribution in [0.3, 0.4) is 0 Å². The average Bonchev–Trinajstić information content (AvgIpc) is 3.09. The lowest BCUT2D eigenvalue weighted by Gasteiger charge is -2.17. The normalized spacial score (nSPS) is 26.9. The van der Waals surface area contributed by atoms with E-state index in [9.17, 15) is 14.0 Å². The summed E-state index contributed by atoms with van der Waals surface area (Å²) in [4.78, 5) is 25.6. The third-order valence-electron chi connectivity index (χ3n) is 4.19. The number of hydrogen-bond donors (Lipinski definition) is 1. The number of nitrogens with one attached hydrogen (secondary N) is 1. The fraction of sp³-hybridized carbons (Fsp3) is 0.500. The van der Waals surface area contributed by atoms with E-state index in [0.29, 0.717) is 24.9 Å². The largest absolute Gasteiger partial charge is 0.481 e. The van der Waals surface area contributed by atoms with Gasteiger partial charge in [-0.25, -0.2) is 4.39 Å². The Morgan fingerprint density at radius 2 is 2.18 bits per heavy atom. The van der Waals surface area contributed by atoms with Gasteiger partial charge in [0.15, 0.2) is 18.2 Å². The van der Waals surface area contributed by atoms with Crippen LogP contribution >= 0.6 is 0 Å². The predicted molar refractivity (Wildman–Crippen MR) is 77.7 cm³/mol. The van der Waals surface area contributed by atoms with Gasteiger partial charge in [0.1, 0.15) is 0 Å².